The van der Waals surface area contributed by atoms with Crippen LogP contribution < -0.4 is 10.1 Å². The van der Waals surface area contributed by atoms with Crippen molar-refractivity contribution in [1.29, 1.82) is 0 Å². The third-order valence-electron chi connectivity index (χ3n) is 5.15. The predicted molar refractivity (Wildman–Crippen MR) is 132 cm³/mol. The van der Waals surface area contributed by atoms with Crippen LogP contribution in [0.5, 0.6) is 0 Å². The van der Waals surface area contributed by atoms with E-state index in [0.29, 0.717) is 40.3 Å². The highest BCUT2D eigenvalue weighted by Gasteiger charge is 2.13. The highest BCUT2D eigenvalue weighted by molar-refractivity contribution is 7.16. The molecule has 0 saturated carbocycles. The first-order valence-corrected chi connectivity index (χ1v) is 11.5. The molecule has 34 heavy (non-hydrogen) atoms. The van der Waals surface area contributed by atoms with E-state index in [-0.39, 0.29) is 11.7 Å². The van der Waals surface area contributed by atoms with Crippen molar-refractivity contribution in [2.24, 2.45) is 4.99 Å². The van der Waals surface area contributed by atoms with Crippen LogP contribution in [-0.2, 0) is 16.1 Å². The molecule has 1 heterocycles. The van der Waals surface area contributed by atoms with Gasteiger partial charge in [0.2, 0.25) is 5.91 Å². The van der Waals surface area contributed by atoms with Gasteiger partial charge in [0.25, 0.3) is 5.91 Å². The van der Waals surface area contributed by atoms with Crippen molar-refractivity contribution in [3.05, 3.63) is 94.3 Å². The molecule has 1 aromatic heterocycles. The number of carbonyl (C=O) groups excluding carboxylic acids is 3. The molecule has 2 amide bonds. The fraction of sp³-hybridized carbons (Fsp3) is 0.154. The van der Waals surface area contributed by atoms with Gasteiger partial charge in [0, 0.05) is 43.0 Å². The average Bonchev–Trinajstić information content (AvgIpc) is 3.18. The molecule has 0 radical (unpaired) electrons. The third kappa shape index (κ3) is 5.19. The van der Waals surface area contributed by atoms with E-state index in [1.165, 1.54) is 18.3 Å². The molecule has 0 unspecified atom stereocenters. The summed E-state index contributed by atoms with van der Waals surface area (Å²) in [6.07, 6.45) is 0. The van der Waals surface area contributed by atoms with Crippen molar-refractivity contribution in [2.75, 3.05) is 19.0 Å². The van der Waals surface area contributed by atoms with Gasteiger partial charge in [-0.1, -0.05) is 53.8 Å². The molecule has 0 atom stereocenters. The van der Waals surface area contributed by atoms with E-state index >= 15 is 0 Å². The van der Waals surface area contributed by atoms with Crippen molar-refractivity contribution in [3.8, 4) is 0 Å². The van der Waals surface area contributed by atoms with Crippen molar-refractivity contribution >= 4 is 44.8 Å². The van der Waals surface area contributed by atoms with E-state index in [9.17, 15) is 14.4 Å². The Hall–Kier alpha value is -3.88. The number of ether oxygens (including phenoxy) is 1. The minimum Gasteiger partial charge on any atom is -0.383 e. The summed E-state index contributed by atoms with van der Waals surface area (Å²) in [6, 6.07) is 21.1. The van der Waals surface area contributed by atoms with Gasteiger partial charge in [0.05, 0.1) is 16.8 Å². The average molecular weight is 474 g/mol. The Balaban J connectivity index is 1.66. The fourth-order valence-electron chi connectivity index (χ4n) is 3.51. The van der Waals surface area contributed by atoms with Crippen molar-refractivity contribution < 1.29 is 19.1 Å². The lowest BCUT2D eigenvalue weighted by atomic mass is 10.0. The van der Waals surface area contributed by atoms with Crippen LogP contribution in [0.1, 0.15) is 33.2 Å². The number of hydrogen-bond donors (Lipinski definition) is 1. The summed E-state index contributed by atoms with van der Waals surface area (Å²) in [7, 11) is 1.62. The lowest BCUT2D eigenvalue weighted by Crippen LogP contribution is -2.19. The third-order valence-corrected chi connectivity index (χ3v) is 6.19. The smallest absolute Gasteiger partial charge is 0.279 e. The second-order valence-electron chi connectivity index (χ2n) is 7.58. The largest absolute Gasteiger partial charge is 0.383 e. The number of thiazole rings is 1. The molecule has 4 aromatic rings. The van der Waals surface area contributed by atoms with Gasteiger partial charge in [-0.25, -0.2) is 0 Å². The van der Waals surface area contributed by atoms with Crippen LogP contribution in [0.25, 0.3) is 10.2 Å². The number of fused-ring (bicyclic) bond motifs is 1. The molecule has 0 fully saturated rings. The lowest BCUT2D eigenvalue weighted by molar-refractivity contribution is -0.114. The molecule has 7 nitrogen and oxygen atoms in total. The zero-order chi connectivity index (χ0) is 24.1. The number of aromatic nitrogens is 1. The van der Waals surface area contributed by atoms with E-state index in [0.717, 1.165) is 10.2 Å². The zero-order valence-electron chi connectivity index (χ0n) is 18.8. The summed E-state index contributed by atoms with van der Waals surface area (Å²) in [6.45, 7) is 2.43. The minimum atomic E-state index is -0.404. The molecule has 4 rings (SSSR count). The van der Waals surface area contributed by atoms with E-state index in [4.69, 9.17) is 4.74 Å². The van der Waals surface area contributed by atoms with E-state index in [1.54, 1.807) is 43.5 Å². The van der Waals surface area contributed by atoms with E-state index < -0.39 is 5.91 Å². The van der Waals surface area contributed by atoms with Crippen LogP contribution in [-0.4, -0.2) is 35.9 Å². The Bertz CT molecular complexity index is 1420. The second-order valence-corrected chi connectivity index (χ2v) is 8.59. The summed E-state index contributed by atoms with van der Waals surface area (Å²) in [4.78, 5) is 41.8. The Morgan fingerprint density at radius 2 is 1.62 bits per heavy atom. The Morgan fingerprint density at radius 1 is 0.941 bits per heavy atom. The van der Waals surface area contributed by atoms with Crippen LogP contribution >= 0.6 is 11.3 Å². The molecule has 0 aliphatic heterocycles. The van der Waals surface area contributed by atoms with Crippen molar-refractivity contribution in [1.82, 2.24) is 4.57 Å². The number of nitrogens with zero attached hydrogens (tertiary/aromatic N) is 2. The van der Waals surface area contributed by atoms with E-state index in [1.807, 2.05) is 41.0 Å². The number of ketones is 1. The molecule has 0 spiro atoms. The van der Waals surface area contributed by atoms with Crippen LogP contribution in [0.4, 0.5) is 5.69 Å². The predicted octanol–water partition coefficient (Wildman–Crippen LogP) is 4.28. The molecule has 0 saturated heterocycles. The summed E-state index contributed by atoms with van der Waals surface area (Å²) in [5, 5.41) is 2.77. The highest BCUT2D eigenvalue weighted by atomic mass is 32.1. The number of hydrogen-bond acceptors (Lipinski definition) is 5. The molecule has 172 valence electrons. The summed E-state index contributed by atoms with van der Waals surface area (Å²) in [5.74, 6) is -0.663. The lowest BCUT2D eigenvalue weighted by Gasteiger charge is -2.06. The normalized spacial score (nSPS) is 11.5. The fourth-order valence-corrected chi connectivity index (χ4v) is 4.60. The minimum absolute atomic E-state index is 0.103. The SMILES string of the molecule is COCCn1c(=NC(=O)c2ccc(C(=O)c3ccccc3)cc2)sc2cc(NC(C)=O)ccc21. The first kappa shape index (κ1) is 23.3. The second kappa shape index (κ2) is 10.4. The van der Waals surface area contributed by atoms with Gasteiger partial charge in [-0.2, -0.15) is 4.99 Å². The van der Waals surface area contributed by atoms with Gasteiger partial charge >= 0.3 is 0 Å². The Kier molecular flexibility index (Phi) is 7.10. The van der Waals surface area contributed by atoms with Crippen LogP contribution in [0.15, 0.2) is 77.8 Å². The first-order chi connectivity index (χ1) is 16.5. The zero-order valence-corrected chi connectivity index (χ0v) is 19.6. The summed E-state index contributed by atoms with van der Waals surface area (Å²) in [5.41, 5.74) is 3.06. The Labute approximate surface area is 200 Å². The maximum Gasteiger partial charge on any atom is 0.279 e. The molecule has 0 bridgehead atoms. The molecular formula is C26H23N3O4S. The highest BCUT2D eigenvalue weighted by Crippen LogP contribution is 2.22. The quantitative estimate of drug-likeness (QED) is 0.406. The van der Waals surface area contributed by atoms with Gasteiger partial charge < -0.3 is 14.6 Å². The number of amides is 2. The monoisotopic (exact) mass is 473 g/mol. The van der Waals surface area contributed by atoms with Crippen molar-refractivity contribution in [2.45, 2.75) is 13.5 Å². The topological polar surface area (TPSA) is 89.8 Å². The number of anilines is 1. The first-order valence-electron chi connectivity index (χ1n) is 10.6. The van der Waals surface area contributed by atoms with E-state index in [2.05, 4.69) is 10.3 Å². The van der Waals surface area contributed by atoms with Crippen LogP contribution in [0.3, 0.4) is 0 Å². The van der Waals surface area contributed by atoms with Crippen molar-refractivity contribution in [3.63, 3.8) is 0 Å². The molecular weight excluding hydrogens is 450 g/mol. The number of benzene rings is 3. The molecule has 0 aliphatic carbocycles. The van der Waals surface area contributed by atoms with Crippen LogP contribution in [0.2, 0.25) is 0 Å². The number of carbonyl (C=O) groups is 3. The summed E-state index contributed by atoms with van der Waals surface area (Å²) >= 11 is 1.36. The van der Waals surface area contributed by atoms with Crippen LogP contribution in [0, 0.1) is 0 Å². The molecule has 3 aromatic carbocycles. The maximum atomic E-state index is 12.9. The van der Waals surface area contributed by atoms with Gasteiger partial charge in [-0.05, 0) is 30.3 Å². The number of nitrogens with one attached hydrogen (secondary N) is 1. The molecule has 1 N–H and O–H groups in total. The molecule has 8 heteroatoms. The number of methoxy groups -OCH3 is 1. The maximum absolute atomic E-state index is 12.9. The van der Waals surface area contributed by atoms with Gasteiger partial charge in [-0.15, -0.1) is 0 Å². The number of rotatable bonds is 7. The Morgan fingerprint density at radius 3 is 2.29 bits per heavy atom. The molecule has 0 aliphatic rings. The van der Waals surface area contributed by atoms with Gasteiger partial charge in [-0.3, -0.25) is 14.4 Å². The van der Waals surface area contributed by atoms with Gasteiger partial charge in [0.1, 0.15) is 0 Å². The summed E-state index contributed by atoms with van der Waals surface area (Å²) < 4.78 is 8.03. The van der Waals surface area contributed by atoms with Gasteiger partial charge in [0.15, 0.2) is 10.6 Å². The standard InChI is InChI=1S/C26H23N3O4S/c1-17(30)27-21-12-13-22-23(16-21)34-26(29(22)14-15-33-2)28-25(32)20-10-8-19(9-11-20)24(31)18-6-4-3-5-7-18/h3-13,16H,14-15H2,1-2H3,(H,27,30).